The second-order valence-electron chi connectivity index (χ2n) is 3.44. The van der Waals surface area contributed by atoms with E-state index in [0.29, 0.717) is 11.0 Å². The van der Waals surface area contributed by atoms with Crippen LogP contribution in [0, 0.1) is 6.92 Å². The van der Waals surface area contributed by atoms with Gasteiger partial charge < -0.3 is 0 Å². The number of aryl methyl sites for hydroxylation is 1. The summed E-state index contributed by atoms with van der Waals surface area (Å²) in [5, 5.41) is 0. The van der Waals surface area contributed by atoms with Crippen molar-refractivity contribution in [2.45, 2.75) is 13.5 Å². The fourth-order valence-corrected chi connectivity index (χ4v) is 1.74. The summed E-state index contributed by atoms with van der Waals surface area (Å²) in [4.78, 5) is 20.0. The van der Waals surface area contributed by atoms with Crippen LogP contribution in [0.15, 0.2) is 40.0 Å². The van der Waals surface area contributed by atoms with Crippen LogP contribution in [-0.2, 0) is 6.54 Å². The van der Waals surface area contributed by atoms with Crippen LogP contribution >= 0.6 is 15.9 Å². The largest absolute Gasteiger partial charge is 0.292 e. The van der Waals surface area contributed by atoms with Crippen LogP contribution in [0.3, 0.4) is 0 Å². The molecule has 5 heteroatoms. The van der Waals surface area contributed by atoms with Crippen LogP contribution in [0.1, 0.15) is 11.4 Å². The molecule has 16 heavy (non-hydrogen) atoms. The van der Waals surface area contributed by atoms with Crippen molar-refractivity contribution in [2.75, 3.05) is 0 Å². The van der Waals surface area contributed by atoms with E-state index in [0.717, 1.165) is 11.4 Å². The fourth-order valence-electron chi connectivity index (χ4n) is 1.40. The molecule has 0 saturated carbocycles. The minimum Gasteiger partial charge on any atom is -0.292 e. The molecule has 0 atom stereocenters. The summed E-state index contributed by atoms with van der Waals surface area (Å²) in [6.45, 7) is 2.36. The van der Waals surface area contributed by atoms with Gasteiger partial charge in [0.2, 0.25) is 0 Å². The van der Waals surface area contributed by atoms with Crippen molar-refractivity contribution in [3.8, 4) is 0 Å². The minimum absolute atomic E-state index is 0.0988. The number of hydrogen-bond acceptors (Lipinski definition) is 3. The third kappa shape index (κ3) is 2.36. The Bertz CT molecular complexity index is 565. The highest BCUT2D eigenvalue weighted by Gasteiger charge is 2.02. The molecule has 0 unspecified atom stereocenters. The van der Waals surface area contributed by atoms with E-state index in [1.807, 2.05) is 25.1 Å². The Balaban J connectivity index is 2.34. The first-order valence-electron chi connectivity index (χ1n) is 4.79. The number of rotatable bonds is 2. The predicted octanol–water partition coefficient (Wildman–Crippen LogP) is 1.76. The fraction of sp³-hybridized carbons (Fsp3) is 0.182. The summed E-state index contributed by atoms with van der Waals surface area (Å²) >= 11 is 3.16. The molecular formula is C11H10BrN3O. The molecule has 82 valence electrons. The van der Waals surface area contributed by atoms with E-state index >= 15 is 0 Å². The summed E-state index contributed by atoms with van der Waals surface area (Å²) in [6, 6.07) is 5.74. The third-order valence-corrected chi connectivity index (χ3v) is 2.68. The van der Waals surface area contributed by atoms with Gasteiger partial charge in [-0.2, -0.15) is 0 Å². The van der Waals surface area contributed by atoms with Crippen molar-refractivity contribution < 1.29 is 0 Å². The van der Waals surface area contributed by atoms with Crippen LogP contribution in [0.4, 0.5) is 0 Å². The number of halogens is 1. The number of nitrogens with zero attached hydrogens (tertiary/aromatic N) is 3. The molecule has 0 aliphatic heterocycles. The zero-order valence-corrected chi connectivity index (χ0v) is 10.3. The molecule has 0 saturated heterocycles. The van der Waals surface area contributed by atoms with Crippen molar-refractivity contribution >= 4 is 15.9 Å². The molecule has 2 heterocycles. The Kier molecular flexibility index (Phi) is 3.14. The van der Waals surface area contributed by atoms with E-state index in [4.69, 9.17) is 0 Å². The van der Waals surface area contributed by atoms with E-state index in [-0.39, 0.29) is 5.56 Å². The lowest BCUT2D eigenvalue weighted by molar-refractivity contribution is 0.712. The highest BCUT2D eigenvalue weighted by atomic mass is 79.9. The average molecular weight is 280 g/mol. The maximum absolute atomic E-state index is 11.7. The predicted molar refractivity (Wildman–Crippen MR) is 64.3 cm³/mol. The molecule has 0 amide bonds. The summed E-state index contributed by atoms with van der Waals surface area (Å²) in [5.41, 5.74) is 1.69. The molecule has 0 spiro atoms. The summed E-state index contributed by atoms with van der Waals surface area (Å²) in [6.07, 6.45) is 3.00. The van der Waals surface area contributed by atoms with Gasteiger partial charge in [0.05, 0.1) is 18.6 Å². The topological polar surface area (TPSA) is 47.8 Å². The zero-order valence-electron chi connectivity index (χ0n) is 8.72. The molecule has 0 aliphatic rings. The molecule has 0 fully saturated rings. The molecule has 2 rings (SSSR count). The molecular weight excluding hydrogens is 270 g/mol. The Hall–Kier alpha value is -1.49. The molecule has 4 nitrogen and oxygen atoms in total. The van der Waals surface area contributed by atoms with Gasteiger partial charge >= 0.3 is 0 Å². The van der Waals surface area contributed by atoms with E-state index in [9.17, 15) is 4.79 Å². The third-order valence-electron chi connectivity index (χ3n) is 2.14. The Morgan fingerprint density at radius 2 is 2.25 bits per heavy atom. The first-order chi connectivity index (χ1) is 7.66. The van der Waals surface area contributed by atoms with Crippen molar-refractivity contribution in [3.05, 3.63) is 56.9 Å². The zero-order chi connectivity index (χ0) is 11.5. The molecule has 0 aromatic carbocycles. The van der Waals surface area contributed by atoms with Crippen LogP contribution in [0.5, 0.6) is 0 Å². The molecule has 0 N–H and O–H groups in total. The van der Waals surface area contributed by atoms with Crippen molar-refractivity contribution in [1.29, 1.82) is 0 Å². The average Bonchev–Trinajstić information content (AvgIpc) is 2.25. The van der Waals surface area contributed by atoms with Crippen molar-refractivity contribution in [3.63, 3.8) is 0 Å². The smallest absolute Gasteiger partial charge is 0.267 e. The quantitative estimate of drug-likeness (QED) is 0.842. The second kappa shape index (κ2) is 4.57. The first-order valence-corrected chi connectivity index (χ1v) is 5.58. The van der Waals surface area contributed by atoms with Crippen LogP contribution in [-0.4, -0.2) is 14.5 Å². The van der Waals surface area contributed by atoms with Gasteiger partial charge in [0.25, 0.3) is 5.56 Å². The summed E-state index contributed by atoms with van der Waals surface area (Å²) in [5.74, 6) is 0. The lowest BCUT2D eigenvalue weighted by atomic mass is 10.3. The Morgan fingerprint density at radius 3 is 3.00 bits per heavy atom. The normalized spacial score (nSPS) is 10.4. The molecule has 2 aromatic rings. The lowest BCUT2D eigenvalue weighted by Crippen LogP contribution is -2.21. The molecule has 2 aromatic heterocycles. The van der Waals surface area contributed by atoms with Crippen LogP contribution in [0.25, 0.3) is 0 Å². The maximum atomic E-state index is 11.7. The van der Waals surface area contributed by atoms with Gasteiger partial charge in [-0.3, -0.25) is 14.3 Å². The van der Waals surface area contributed by atoms with E-state index < -0.39 is 0 Å². The van der Waals surface area contributed by atoms with Crippen molar-refractivity contribution in [2.24, 2.45) is 0 Å². The highest BCUT2D eigenvalue weighted by Crippen LogP contribution is 2.02. The van der Waals surface area contributed by atoms with Gasteiger partial charge in [-0.15, -0.1) is 0 Å². The minimum atomic E-state index is -0.0988. The van der Waals surface area contributed by atoms with Crippen molar-refractivity contribution in [1.82, 2.24) is 14.5 Å². The molecule has 0 bridgehead atoms. The standard InChI is InChI=1S/C11H10BrN3O/c1-8-3-2-4-9(14-8)6-15-7-13-5-10(12)11(15)16/h2-5,7H,6H2,1H3. The van der Waals surface area contributed by atoms with Gasteiger partial charge in [-0.1, -0.05) is 6.07 Å². The number of hydrogen-bond donors (Lipinski definition) is 0. The lowest BCUT2D eigenvalue weighted by Gasteiger charge is -2.05. The van der Waals surface area contributed by atoms with Gasteiger partial charge in [0.1, 0.15) is 4.47 Å². The van der Waals surface area contributed by atoms with E-state index in [2.05, 4.69) is 25.9 Å². The van der Waals surface area contributed by atoms with Crippen LogP contribution < -0.4 is 5.56 Å². The van der Waals surface area contributed by atoms with Crippen LogP contribution in [0.2, 0.25) is 0 Å². The SMILES string of the molecule is Cc1cccc(Cn2cncc(Br)c2=O)n1. The number of pyridine rings is 1. The number of aromatic nitrogens is 3. The molecule has 0 aliphatic carbocycles. The summed E-state index contributed by atoms with van der Waals surface area (Å²) in [7, 11) is 0. The van der Waals surface area contributed by atoms with Gasteiger partial charge in [0.15, 0.2) is 0 Å². The second-order valence-corrected chi connectivity index (χ2v) is 4.30. The maximum Gasteiger partial charge on any atom is 0.267 e. The van der Waals surface area contributed by atoms with Gasteiger partial charge in [0, 0.05) is 11.9 Å². The highest BCUT2D eigenvalue weighted by molar-refractivity contribution is 9.10. The summed E-state index contributed by atoms with van der Waals surface area (Å²) < 4.78 is 1.98. The van der Waals surface area contributed by atoms with Gasteiger partial charge in [-0.05, 0) is 35.0 Å². The monoisotopic (exact) mass is 279 g/mol. The van der Waals surface area contributed by atoms with Gasteiger partial charge in [-0.25, -0.2) is 4.98 Å². The van der Waals surface area contributed by atoms with E-state index in [1.165, 1.54) is 17.1 Å². The Morgan fingerprint density at radius 1 is 1.44 bits per heavy atom. The van der Waals surface area contributed by atoms with E-state index in [1.54, 1.807) is 0 Å². The Labute approximate surface area is 101 Å². The molecule has 0 radical (unpaired) electrons. The first kappa shape index (κ1) is 11.0.